The number of carbonyl (C=O) groups excluding carboxylic acids is 1. The molecule has 2 unspecified atom stereocenters. The monoisotopic (exact) mass is 483 g/mol. The number of anilines is 1. The predicted molar refractivity (Wildman–Crippen MR) is 138 cm³/mol. The largest absolute Gasteiger partial charge is 0.480 e. The standard InChI is InChI=1S/C25H29N3O3S2/c1-33-14-12-21(25(30)31)28-24(29)20-10-9-19(27-16-22-23(32)11-13-26-22)15-18(20)8-7-17-5-3-2-4-6-17/h2-6,9-10,15,21-23,26-27,32H,11-14,16H2,1H3,(H,28,29)(H,30,31)/t21-,22?,23?/m0/s1. The number of amides is 1. The maximum atomic E-state index is 13.0. The van der Waals surface area contributed by atoms with E-state index in [9.17, 15) is 14.7 Å². The number of carboxylic acid groups (broad SMARTS) is 1. The van der Waals surface area contributed by atoms with Crippen molar-refractivity contribution in [2.75, 3.05) is 30.4 Å². The van der Waals surface area contributed by atoms with E-state index in [0.717, 1.165) is 24.2 Å². The van der Waals surface area contributed by atoms with Gasteiger partial charge in [0.15, 0.2) is 0 Å². The van der Waals surface area contributed by atoms with Crippen molar-refractivity contribution in [3.05, 3.63) is 65.2 Å². The van der Waals surface area contributed by atoms with Crippen LogP contribution in [0.25, 0.3) is 0 Å². The van der Waals surface area contributed by atoms with E-state index in [4.69, 9.17) is 0 Å². The second kappa shape index (κ2) is 12.6. The molecule has 0 radical (unpaired) electrons. The molecule has 0 saturated carbocycles. The Hall–Kier alpha value is -2.60. The molecule has 1 saturated heterocycles. The number of hydrogen-bond acceptors (Lipinski definition) is 6. The van der Waals surface area contributed by atoms with Crippen LogP contribution in [0.4, 0.5) is 5.69 Å². The molecule has 0 bridgehead atoms. The number of carbonyl (C=O) groups is 2. The molecule has 0 aromatic heterocycles. The summed E-state index contributed by atoms with van der Waals surface area (Å²) in [6.07, 6.45) is 3.29. The van der Waals surface area contributed by atoms with Gasteiger partial charge < -0.3 is 21.1 Å². The highest BCUT2D eigenvalue weighted by molar-refractivity contribution is 7.98. The summed E-state index contributed by atoms with van der Waals surface area (Å²) in [7, 11) is 0. The van der Waals surface area contributed by atoms with Crippen LogP contribution in [0.3, 0.4) is 0 Å². The second-order valence-corrected chi connectivity index (χ2v) is 9.47. The van der Waals surface area contributed by atoms with Gasteiger partial charge in [0.25, 0.3) is 5.91 Å². The maximum absolute atomic E-state index is 13.0. The molecule has 0 aliphatic carbocycles. The van der Waals surface area contributed by atoms with E-state index in [1.807, 2.05) is 48.7 Å². The summed E-state index contributed by atoms with van der Waals surface area (Å²) in [5.41, 5.74) is 2.57. The fourth-order valence-corrected chi connectivity index (χ4v) is 4.35. The summed E-state index contributed by atoms with van der Waals surface area (Å²) in [6.45, 7) is 1.66. The predicted octanol–water partition coefficient (Wildman–Crippen LogP) is 3.09. The van der Waals surface area contributed by atoms with Crippen molar-refractivity contribution in [1.82, 2.24) is 10.6 Å². The van der Waals surface area contributed by atoms with E-state index in [0.29, 0.717) is 35.1 Å². The number of thiol groups is 1. The zero-order valence-corrected chi connectivity index (χ0v) is 20.2. The van der Waals surface area contributed by atoms with Crippen LogP contribution in [0.15, 0.2) is 48.5 Å². The zero-order chi connectivity index (χ0) is 23.6. The molecule has 1 fully saturated rings. The van der Waals surface area contributed by atoms with Crippen molar-refractivity contribution in [2.45, 2.75) is 30.2 Å². The van der Waals surface area contributed by atoms with E-state index in [1.54, 1.807) is 17.8 Å². The van der Waals surface area contributed by atoms with E-state index in [-0.39, 0.29) is 6.04 Å². The van der Waals surface area contributed by atoms with Crippen LogP contribution in [0.2, 0.25) is 0 Å². The Balaban J connectivity index is 1.83. The number of nitrogens with one attached hydrogen (secondary N) is 3. The number of hydrogen-bond donors (Lipinski definition) is 5. The van der Waals surface area contributed by atoms with Crippen molar-refractivity contribution in [2.24, 2.45) is 0 Å². The molecule has 1 aliphatic heterocycles. The third-order valence-electron chi connectivity index (χ3n) is 5.43. The topological polar surface area (TPSA) is 90.5 Å². The van der Waals surface area contributed by atoms with Gasteiger partial charge in [-0.2, -0.15) is 24.4 Å². The Morgan fingerprint density at radius 1 is 1.24 bits per heavy atom. The fraction of sp³-hybridized carbons (Fsp3) is 0.360. The van der Waals surface area contributed by atoms with Gasteiger partial charge in [-0.15, -0.1) is 0 Å². The molecule has 3 rings (SSSR count). The zero-order valence-electron chi connectivity index (χ0n) is 18.5. The Morgan fingerprint density at radius 2 is 2.03 bits per heavy atom. The van der Waals surface area contributed by atoms with Gasteiger partial charge >= 0.3 is 5.97 Å². The minimum absolute atomic E-state index is 0.267. The van der Waals surface area contributed by atoms with Gasteiger partial charge in [-0.25, -0.2) is 4.79 Å². The average Bonchev–Trinajstić information content (AvgIpc) is 3.24. The minimum Gasteiger partial charge on any atom is -0.480 e. The summed E-state index contributed by atoms with van der Waals surface area (Å²) in [6, 6.07) is 14.2. The highest BCUT2D eigenvalue weighted by Gasteiger charge is 2.24. The first kappa shape index (κ1) is 25.0. The number of rotatable bonds is 9. The smallest absolute Gasteiger partial charge is 0.326 e. The first-order chi connectivity index (χ1) is 16.0. The third-order valence-corrected chi connectivity index (χ3v) is 6.69. The van der Waals surface area contributed by atoms with E-state index in [2.05, 4.69) is 40.4 Å². The van der Waals surface area contributed by atoms with Crippen molar-refractivity contribution in [1.29, 1.82) is 0 Å². The molecule has 6 nitrogen and oxygen atoms in total. The molecule has 0 spiro atoms. The molecule has 3 atom stereocenters. The Bertz CT molecular complexity index is 1020. The normalized spacial score (nSPS) is 18.1. The Kier molecular flexibility index (Phi) is 9.55. The van der Waals surface area contributed by atoms with Crippen molar-refractivity contribution in [3.63, 3.8) is 0 Å². The molecule has 2 aromatic rings. The first-order valence-corrected chi connectivity index (χ1v) is 12.8. The van der Waals surface area contributed by atoms with Gasteiger partial charge in [-0.05, 0) is 61.7 Å². The molecular weight excluding hydrogens is 454 g/mol. The Morgan fingerprint density at radius 3 is 2.70 bits per heavy atom. The number of thioether (sulfide) groups is 1. The van der Waals surface area contributed by atoms with Gasteiger partial charge in [0.1, 0.15) is 6.04 Å². The second-order valence-electron chi connectivity index (χ2n) is 7.82. The number of aliphatic carboxylic acids is 1. The van der Waals surface area contributed by atoms with Gasteiger partial charge in [-0.3, -0.25) is 4.79 Å². The van der Waals surface area contributed by atoms with Crippen LogP contribution in [-0.4, -0.2) is 59.4 Å². The van der Waals surface area contributed by atoms with Crippen molar-refractivity contribution < 1.29 is 14.7 Å². The quantitative estimate of drug-likeness (QED) is 0.278. The van der Waals surface area contributed by atoms with Gasteiger partial charge in [-0.1, -0.05) is 30.0 Å². The fourth-order valence-electron chi connectivity index (χ4n) is 3.54. The molecule has 33 heavy (non-hydrogen) atoms. The summed E-state index contributed by atoms with van der Waals surface area (Å²) in [5.74, 6) is 5.35. The van der Waals surface area contributed by atoms with Crippen molar-refractivity contribution >= 4 is 42.0 Å². The van der Waals surface area contributed by atoms with Gasteiger partial charge in [0, 0.05) is 34.7 Å². The lowest BCUT2D eigenvalue weighted by atomic mass is 10.0. The summed E-state index contributed by atoms with van der Waals surface area (Å²) in [5, 5.41) is 19.3. The van der Waals surface area contributed by atoms with Crippen LogP contribution in [0, 0.1) is 11.8 Å². The minimum atomic E-state index is -1.04. The molecule has 1 heterocycles. The SMILES string of the molecule is CSCC[C@H](NC(=O)c1ccc(NCC2NCCC2S)cc1C#Cc1ccccc1)C(=O)O. The molecule has 4 N–H and O–H groups in total. The molecule has 1 amide bonds. The summed E-state index contributed by atoms with van der Waals surface area (Å²) < 4.78 is 0. The van der Waals surface area contributed by atoms with Crippen LogP contribution >= 0.6 is 24.4 Å². The average molecular weight is 484 g/mol. The molecule has 1 aliphatic rings. The van der Waals surface area contributed by atoms with Gasteiger partial charge in [0.2, 0.25) is 0 Å². The van der Waals surface area contributed by atoms with Gasteiger partial charge in [0.05, 0.1) is 5.56 Å². The van der Waals surface area contributed by atoms with Crippen LogP contribution in [0.1, 0.15) is 34.3 Å². The lowest BCUT2D eigenvalue weighted by molar-refractivity contribution is -0.139. The number of benzene rings is 2. The summed E-state index contributed by atoms with van der Waals surface area (Å²) >= 11 is 6.16. The van der Waals surface area contributed by atoms with E-state index in [1.165, 1.54) is 0 Å². The van der Waals surface area contributed by atoms with Crippen LogP contribution in [0.5, 0.6) is 0 Å². The molecule has 8 heteroatoms. The van der Waals surface area contributed by atoms with Crippen molar-refractivity contribution in [3.8, 4) is 11.8 Å². The lowest BCUT2D eigenvalue weighted by Gasteiger charge is -2.18. The highest BCUT2D eigenvalue weighted by Crippen LogP contribution is 2.19. The maximum Gasteiger partial charge on any atom is 0.326 e. The summed E-state index contributed by atoms with van der Waals surface area (Å²) in [4.78, 5) is 24.6. The first-order valence-electron chi connectivity index (χ1n) is 10.9. The van der Waals surface area contributed by atoms with Crippen LogP contribution < -0.4 is 16.0 Å². The van der Waals surface area contributed by atoms with Crippen LogP contribution in [-0.2, 0) is 4.79 Å². The third kappa shape index (κ3) is 7.46. The van der Waals surface area contributed by atoms with E-state index < -0.39 is 17.9 Å². The Labute approximate surface area is 204 Å². The molecule has 174 valence electrons. The number of carboxylic acids is 1. The molecule has 2 aromatic carbocycles. The molecular formula is C25H29N3O3S2. The van der Waals surface area contributed by atoms with E-state index >= 15 is 0 Å². The lowest BCUT2D eigenvalue weighted by Crippen LogP contribution is -2.41. The highest BCUT2D eigenvalue weighted by atomic mass is 32.2.